The molecule has 0 atom stereocenters. The second-order valence-corrected chi connectivity index (χ2v) is 3.20. The summed E-state index contributed by atoms with van der Waals surface area (Å²) in [5.74, 6) is 0. The van der Waals surface area contributed by atoms with Gasteiger partial charge >= 0.3 is 6.98 Å². The summed E-state index contributed by atoms with van der Waals surface area (Å²) in [6.07, 6.45) is -0.552. The van der Waals surface area contributed by atoms with Crippen molar-refractivity contribution in [3.05, 3.63) is 35.4 Å². The second kappa shape index (κ2) is 3.86. The summed E-state index contributed by atoms with van der Waals surface area (Å²) in [4.78, 5) is 10.6. The monoisotopic (exact) mass is 201 g/mol. The molecule has 0 saturated heterocycles. The Bertz CT molecular complexity index is 329. The molecule has 0 saturated carbocycles. The Kier molecular flexibility index (Phi) is 2.98. The predicted octanol–water partition coefficient (Wildman–Crippen LogP) is 2.49. The molecule has 0 fully saturated rings. The van der Waals surface area contributed by atoms with Crippen molar-refractivity contribution < 1.29 is 17.7 Å². The first kappa shape index (κ1) is 10.8. The summed E-state index contributed by atoms with van der Waals surface area (Å²) in [7, 11) is 0. The maximum Gasteiger partial charge on any atom is 0.545 e. The van der Waals surface area contributed by atoms with Crippen LogP contribution in [0.1, 0.15) is 11.1 Å². The largest absolute Gasteiger partial charge is 0.545 e. The highest BCUT2D eigenvalue weighted by Crippen LogP contribution is 2.13. The van der Waals surface area contributed by atoms with Crippen molar-refractivity contribution in [3.63, 3.8) is 0 Å². The average molecular weight is 201 g/mol. The van der Waals surface area contributed by atoms with Crippen LogP contribution in [0.5, 0.6) is 0 Å². The Balaban J connectivity index is 2.71. The summed E-state index contributed by atoms with van der Waals surface area (Å²) in [5, 5.41) is 0. The minimum Gasteiger partial charge on any atom is -0.443 e. The van der Waals surface area contributed by atoms with Gasteiger partial charge in [-0.25, -0.2) is 0 Å². The van der Waals surface area contributed by atoms with Crippen LogP contribution >= 0.6 is 0 Å². The van der Waals surface area contributed by atoms with E-state index in [0.29, 0.717) is 5.56 Å². The fraction of sp³-hybridized carbons (Fsp3) is 0.222. The van der Waals surface area contributed by atoms with Crippen molar-refractivity contribution in [2.75, 3.05) is 0 Å². The van der Waals surface area contributed by atoms with E-state index in [-0.39, 0.29) is 0 Å². The van der Waals surface area contributed by atoms with Crippen LogP contribution < -0.4 is 0 Å². The number of hydrogen-bond acceptors (Lipinski definition) is 1. The number of rotatable bonds is 3. The van der Waals surface area contributed by atoms with Crippen LogP contribution in [0, 0.1) is 6.92 Å². The Hall–Kier alpha value is -1.26. The van der Waals surface area contributed by atoms with Crippen LogP contribution in [0.2, 0.25) is 0 Å². The van der Waals surface area contributed by atoms with Gasteiger partial charge in [0.15, 0.2) is 0 Å². The number of hydrogen-bond donors (Lipinski definition) is 0. The van der Waals surface area contributed by atoms with Crippen LogP contribution in [0.25, 0.3) is 0 Å². The third-order valence-electron chi connectivity index (χ3n) is 1.86. The molecule has 0 bridgehead atoms. The van der Waals surface area contributed by atoms with Gasteiger partial charge in [-0.1, -0.05) is 29.8 Å². The summed E-state index contributed by atoms with van der Waals surface area (Å²) >= 11 is 0. The van der Waals surface area contributed by atoms with Crippen molar-refractivity contribution in [2.24, 2.45) is 0 Å². The molecule has 1 nitrogen and oxygen atoms in total. The molecule has 1 rings (SSSR count). The van der Waals surface area contributed by atoms with Crippen molar-refractivity contribution in [1.29, 1.82) is 0 Å². The molecule has 0 radical (unpaired) electrons. The van der Waals surface area contributed by atoms with E-state index in [1.54, 1.807) is 12.1 Å². The number of carbonyl (C=O) groups excluding carboxylic acids is 1. The standard InChI is InChI=1S/C9H9BF3O/c1-7-2-4-8(5-3-7)6-9(14)10(11,12)13/h2-5H,6H2,1H3/q-1. The fourth-order valence-electron chi connectivity index (χ4n) is 1.02. The molecule has 0 aliphatic heterocycles. The number of benzene rings is 1. The van der Waals surface area contributed by atoms with Crippen LogP contribution in [-0.2, 0) is 11.2 Å². The molecule has 0 aliphatic carbocycles. The Morgan fingerprint density at radius 1 is 1.21 bits per heavy atom. The zero-order chi connectivity index (χ0) is 10.8. The quantitative estimate of drug-likeness (QED) is 0.686. The molecule has 0 spiro atoms. The summed E-state index contributed by atoms with van der Waals surface area (Å²) in [6, 6.07) is 6.45. The van der Waals surface area contributed by atoms with E-state index in [2.05, 4.69) is 0 Å². The smallest absolute Gasteiger partial charge is 0.443 e. The van der Waals surface area contributed by atoms with Crippen LogP contribution in [-0.4, -0.2) is 12.7 Å². The van der Waals surface area contributed by atoms with E-state index in [9.17, 15) is 17.7 Å². The second-order valence-electron chi connectivity index (χ2n) is 3.20. The zero-order valence-electron chi connectivity index (χ0n) is 7.64. The Morgan fingerprint density at radius 2 is 1.71 bits per heavy atom. The first-order valence-electron chi connectivity index (χ1n) is 4.18. The van der Waals surface area contributed by atoms with Gasteiger partial charge in [-0.3, -0.25) is 0 Å². The lowest BCUT2D eigenvalue weighted by Gasteiger charge is -2.12. The van der Waals surface area contributed by atoms with Gasteiger partial charge in [-0.05, 0) is 12.5 Å². The minimum atomic E-state index is -5.35. The molecule has 0 aliphatic rings. The minimum absolute atomic E-state index is 0.403. The van der Waals surface area contributed by atoms with Crippen LogP contribution in [0.3, 0.4) is 0 Å². The fourth-order valence-corrected chi connectivity index (χ4v) is 1.02. The molecule has 76 valence electrons. The van der Waals surface area contributed by atoms with Gasteiger partial charge in [0.2, 0.25) is 0 Å². The molecule has 14 heavy (non-hydrogen) atoms. The lowest BCUT2D eigenvalue weighted by Crippen LogP contribution is -2.31. The van der Waals surface area contributed by atoms with Gasteiger partial charge < -0.3 is 17.7 Å². The topological polar surface area (TPSA) is 17.1 Å². The third kappa shape index (κ3) is 2.90. The molecule has 1 aromatic carbocycles. The predicted molar refractivity (Wildman–Crippen MR) is 49.0 cm³/mol. The first-order valence-corrected chi connectivity index (χ1v) is 4.18. The summed E-state index contributed by atoms with van der Waals surface area (Å²) in [5.41, 5.74) is -0.285. The highest BCUT2D eigenvalue weighted by atomic mass is 19.4. The van der Waals surface area contributed by atoms with Gasteiger partial charge in [0.05, 0.1) is 5.68 Å². The Labute approximate surface area is 80.0 Å². The van der Waals surface area contributed by atoms with Crippen molar-refractivity contribution in [3.8, 4) is 0 Å². The highest BCUT2D eigenvalue weighted by Gasteiger charge is 2.32. The normalized spacial score (nSPS) is 11.4. The number of halogens is 3. The molecule has 0 unspecified atom stereocenters. The van der Waals surface area contributed by atoms with E-state index in [1.165, 1.54) is 12.1 Å². The van der Waals surface area contributed by atoms with E-state index in [1.807, 2.05) is 6.92 Å². The maximum absolute atomic E-state index is 11.9. The zero-order valence-corrected chi connectivity index (χ0v) is 7.64. The molecule has 5 heteroatoms. The van der Waals surface area contributed by atoms with Crippen LogP contribution in [0.4, 0.5) is 12.9 Å². The molecule has 0 N–H and O–H groups in total. The van der Waals surface area contributed by atoms with E-state index in [0.717, 1.165) is 5.56 Å². The molecule has 0 amide bonds. The van der Waals surface area contributed by atoms with Crippen LogP contribution in [0.15, 0.2) is 24.3 Å². The molecular formula is C9H9BF3O-. The van der Waals surface area contributed by atoms with Gasteiger partial charge in [0.25, 0.3) is 0 Å². The van der Waals surface area contributed by atoms with E-state index in [4.69, 9.17) is 0 Å². The maximum atomic E-state index is 11.9. The van der Waals surface area contributed by atoms with E-state index >= 15 is 0 Å². The highest BCUT2D eigenvalue weighted by molar-refractivity contribution is 6.91. The lowest BCUT2D eigenvalue weighted by atomic mass is 9.80. The Morgan fingerprint density at radius 3 is 2.14 bits per heavy atom. The summed E-state index contributed by atoms with van der Waals surface area (Å²) in [6.45, 7) is -3.51. The third-order valence-corrected chi connectivity index (χ3v) is 1.86. The summed E-state index contributed by atoms with van der Waals surface area (Å²) < 4.78 is 35.8. The SMILES string of the molecule is Cc1ccc(CC(=O)[B-](F)(F)F)cc1. The number of aryl methyl sites for hydroxylation is 1. The lowest BCUT2D eigenvalue weighted by molar-refractivity contribution is -0.114. The molecular weight excluding hydrogens is 192 g/mol. The number of carbonyl (C=O) groups is 1. The molecule has 1 aromatic rings. The van der Waals surface area contributed by atoms with Gasteiger partial charge in [0.1, 0.15) is 0 Å². The first-order chi connectivity index (χ1) is 6.39. The van der Waals surface area contributed by atoms with E-state index < -0.39 is 19.1 Å². The average Bonchev–Trinajstić information content (AvgIpc) is 2.07. The molecule has 0 aromatic heterocycles. The van der Waals surface area contributed by atoms with Crippen molar-refractivity contribution in [1.82, 2.24) is 0 Å². The van der Waals surface area contributed by atoms with Gasteiger partial charge in [-0.2, -0.15) is 0 Å². The molecule has 0 heterocycles. The van der Waals surface area contributed by atoms with Crippen molar-refractivity contribution in [2.45, 2.75) is 13.3 Å². The van der Waals surface area contributed by atoms with Gasteiger partial charge in [0, 0.05) is 6.42 Å². The van der Waals surface area contributed by atoms with Gasteiger partial charge in [-0.15, -0.1) is 0 Å². The van der Waals surface area contributed by atoms with Crippen molar-refractivity contribution >= 4 is 12.7 Å².